The number of fused-ring (bicyclic) bond motifs is 3. The van der Waals surface area contributed by atoms with E-state index in [1.807, 2.05) is 0 Å². The molecule has 2 aliphatic rings. The highest BCUT2D eigenvalue weighted by molar-refractivity contribution is 5.67. The lowest BCUT2D eigenvalue weighted by Gasteiger charge is -2.41. The summed E-state index contributed by atoms with van der Waals surface area (Å²) in [6, 6.07) is 2.63. The lowest BCUT2D eigenvalue weighted by atomic mass is 9.64. The van der Waals surface area contributed by atoms with Crippen molar-refractivity contribution in [3.8, 4) is 11.1 Å². The number of hydrogen-bond donors (Lipinski definition) is 0. The molecule has 28 heavy (non-hydrogen) atoms. The van der Waals surface area contributed by atoms with Crippen LogP contribution in [0.25, 0.3) is 11.1 Å². The third-order valence-corrected chi connectivity index (χ3v) is 6.58. The Morgan fingerprint density at radius 1 is 0.857 bits per heavy atom. The van der Waals surface area contributed by atoms with Gasteiger partial charge in [-0.15, -0.1) is 0 Å². The lowest BCUT2D eigenvalue weighted by Crippen LogP contribution is -2.29. The van der Waals surface area contributed by atoms with Gasteiger partial charge in [-0.25, -0.2) is 22.0 Å². The molecule has 150 valence electrons. The van der Waals surface area contributed by atoms with E-state index in [1.54, 1.807) is 0 Å². The summed E-state index contributed by atoms with van der Waals surface area (Å²) in [5.41, 5.74) is 0.349. The quantitative estimate of drug-likeness (QED) is 0.379. The standard InChI is InChI=1S/C23H23F5/c1-2-3-12-4-6-15-13(8-12)5-7-16-17(15)11-18(24)21(22(16)27)14-9-19(25)23(28)20(26)10-14/h9-13,15H,2-8H2,1H3/t12-,13-,15+/m1/s1. The van der Waals surface area contributed by atoms with E-state index >= 15 is 4.39 Å². The summed E-state index contributed by atoms with van der Waals surface area (Å²) < 4.78 is 70.5. The summed E-state index contributed by atoms with van der Waals surface area (Å²) in [4.78, 5) is 0. The van der Waals surface area contributed by atoms with Crippen molar-refractivity contribution in [1.29, 1.82) is 0 Å². The zero-order valence-corrected chi connectivity index (χ0v) is 15.8. The molecule has 4 rings (SSSR count). The van der Waals surface area contributed by atoms with Crippen LogP contribution in [0.1, 0.15) is 62.5 Å². The van der Waals surface area contributed by atoms with Crippen molar-refractivity contribution in [3.63, 3.8) is 0 Å². The summed E-state index contributed by atoms with van der Waals surface area (Å²) in [7, 11) is 0. The third kappa shape index (κ3) is 3.23. The van der Waals surface area contributed by atoms with Crippen LogP contribution in [0.2, 0.25) is 0 Å². The molecule has 0 aromatic heterocycles. The average Bonchev–Trinajstić information content (AvgIpc) is 2.66. The van der Waals surface area contributed by atoms with Crippen LogP contribution in [-0.4, -0.2) is 0 Å². The molecule has 3 atom stereocenters. The van der Waals surface area contributed by atoms with E-state index in [1.165, 1.54) is 12.5 Å². The Hall–Kier alpha value is -1.91. The minimum Gasteiger partial charge on any atom is -0.206 e. The van der Waals surface area contributed by atoms with Crippen molar-refractivity contribution in [1.82, 2.24) is 0 Å². The monoisotopic (exact) mass is 394 g/mol. The number of benzene rings is 2. The van der Waals surface area contributed by atoms with Crippen molar-refractivity contribution < 1.29 is 22.0 Å². The van der Waals surface area contributed by atoms with E-state index in [9.17, 15) is 17.6 Å². The number of hydrogen-bond acceptors (Lipinski definition) is 0. The molecule has 2 aromatic carbocycles. The molecule has 0 saturated heterocycles. The lowest BCUT2D eigenvalue weighted by molar-refractivity contribution is 0.199. The van der Waals surface area contributed by atoms with Crippen LogP contribution in [0, 0.1) is 40.9 Å². The second-order valence-electron chi connectivity index (χ2n) is 8.24. The number of rotatable bonds is 3. The highest BCUT2D eigenvalue weighted by Crippen LogP contribution is 2.49. The van der Waals surface area contributed by atoms with E-state index in [4.69, 9.17) is 0 Å². The van der Waals surface area contributed by atoms with E-state index in [-0.39, 0.29) is 11.5 Å². The van der Waals surface area contributed by atoms with Crippen molar-refractivity contribution >= 4 is 0 Å². The van der Waals surface area contributed by atoms with Crippen LogP contribution in [0.5, 0.6) is 0 Å². The predicted octanol–water partition coefficient (Wildman–Crippen LogP) is 7.30. The molecular weight excluding hydrogens is 371 g/mol. The largest absolute Gasteiger partial charge is 0.206 e. The maximum Gasteiger partial charge on any atom is 0.194 e. The first-order chi connectivity index (χ1) is 13.4. The van der Waals surface area contributed by atoms with Crippen LogP contribution < -0.4 is 0 Å². The average molecular weight is 394 g/mol. The van der Waals surface area contributed by atoms with Gasteiger partial charge in [-0.3, -0.25) is 0 Å². The molecule has 0 radical (unpaired) electrons. The van der Waals surface area contributed by atoms with Gasteiger partial charge in [0.05, 0.1) is 5.56 Å². The van der Waals surface area contributed by atoms with Gasteiger partial charge in [0.15, 0.2) is 17.5 Å². The molecule has 0 heterocycles. The molecule has 0 unspecified atom stereocenters. The summed E-state index contributed by atoms with van der Waals surface area (Å²) in [6.07, 6.45) is 6.74. The molecule has 2 aliphatic carbocycles. The van der Waals surface area contributed by atoms with Crippen LogP contribution in [0.4, 0.5) is 22.0 Å². The van der Waals surface area contributed by atoms with Gasteiger partial charge >= 0.3 is 0 Å². The first kappa shape index (κ1) is 19.4. The topological polar surface area (TPSA) is 0 Å². The smallest absolute Gasteiger partial charge is 0.194 e. The molecule has 0 bridgehead atoms. The van der Waals surface area contributed by atoms with Crippen molar-refractivity contribution in [2.45, 2.75) is 57.8 Å². The van der Waals surface area contributed by atoms with Gasteiger partial charge in [0.2, 0.25) is 0 Å². The minimum atomic E-state index is -1.64. The van der Waals surface area contributed by atoms with Gasteiger partial charge < -0.3 is 0 Å². The fraction of sp³-hybridized carbons (Fsp3) is 0.478. The summed E-state index contributed by atoms with van der Waals surface area (Å²) in [6.45, 7) is 2.18. The fourth-order valence-corrected chi connectivity index (χ4v) is 5.32. The fourth-order valence-electron chi connectivity index (χ4n) is 5.32. The Morgan fingerprint density at radius 3 is 2.25 bits per heavy atom. The molecule has 2 aromatic rings. The zero-order chi connectivity index (χ0) is 20.0. The predicted molar refractivity (Wildman–Crippen MR) is 98.5 cm³/mol. The normalized spacial score (nSPS) is 24.0. The van der Waals surface area contributed by atoms with Gasteiger partial charge in [-0.2, -0.15) is 0 Å². The van der Waals surface area contributed by atoms with Gasteiger partial charge in [-0.05, 0) is 84.7 Å². The van der Waals surface area contributed by atoms with E-state index in [0.717, 1.165) is 32.1 Å². The van der Waals surface area contributed by atoms with Crippen molar-refractivity contribution in [3.05, 3.63) is 58.4 Å². The van der Waals surface area contributed by atoms with Crippen molar-refractivity contribution in [2.75, 3.05) is 0 Å². The molecular formula is C23H23F5. The number of halogens is 5. The maximum atomic E-state index is 15.2. The molecule has 0 amide bonds. The molecule has 0 N–H and O–H groups in total. The Morgan fingerprint density at radius 2 is 1.57 bits per heavy atom. The van der Waals surface area contributed by atoms with Crippen LogP contribution in [0.3, 0.4) is 0 Å². The van der Waals surface area contributed by atoms with Gasteiger partial charge in [0, 0.05) is 0 Å². The second-order valence-corrected chi connectivity index (χ2v) is 8.24. The Kier molecular flexibility index (Phi) is 5.19. The maximum absolute atomic E-state index is 15.2. The van der Waals surface area contributed by atoms with E-state index in [2.05, 4.69) is 6.92 Å². The second kappa shape index (κ2) is 7.49. The zero-order valence-electron chi connectivity index (χ0n) is 15.8. The summed E-state index contributed by atoms with van der Waals surface area (Å²) in [5.74, 6) is -4.92. The van der Waals surface area contributed by atoms with E-state index < -0.39 is 34.6 Å². The highest BCUT2D eigenvalue weighted by Gasteiger charge is 2.37. The third-order valence-electron chi connectivity index (χ3n) is 6.58. The highest BCUT2D eigenvalue weighted by atomic mass is 19.2. The Balaban J connectivity index is 1.74. The van der Waals surface area contributed by atoms with E-state index in [0.29, 0.717) is 41.5 Å². The minimum absolute atomic E-state index is 0.136. The molecule has 0 spiro atoms. The first-order valence-electron chi connectivity index (χ1n) is 10.1. The molecule has 5 heteroatoms. The SMILES string of the molecule is CCC[C@@H]1CC[C@@H]2c3cc(F)c(-c4cc(F)c(F)c(F)c4)c(F)c3CC[C@@H]2C1. The molecule has 1 saturated carbocycles. The summed E-state index contributed by atoms with van der Waals surface area (Å²) >= 11 is 0. The van der Waals surface area contributed by atoms with Crippen LogP contribution in [-0.2, 0) is 6.42 Å². The molecule has 1 fully saturated rings. The van der Waals surface area contributed by atoms with Gasteiger partial charge in [0.1, 0.15) is 11.6 Å². The van der Waals surface area contributed by atoms with Crippen LogP contribution in [0.15, 0.2) is 18.2 Å². The van der Waals surface area contributed by atoms with Gasteiger partial charge in [0.25, 0.3) is 0 Å². The van der Waals surface area contributed by atoms with Crippen molar-refractivity contribution in [2.24, 2.45) is 11.8 Å². The Bertz CT molecular complexity index is 881. The van der Waals surface area contributed by atoms with Gasteiger partial charge in [-0.1, -0.05) is 19.8 Å². The molecule has 0 aliphatic heterocycles. The molecule has 0 nitrogen and oxygen atoms in total. The Labute approximate surface area is 161 Å². The summed E-state index contributed by atoms with van der Waals surface area (Å²) in [5, 5.41) is 0. The van der Waals surface area contributed by atoms with Crippen LogP contribution >= 0.6 is 0 Å². The first-order valence-corrected chi connectivity index (χ1v) is 10.1.